The lowest BCUT2D eigenvalue weighted by Crippen LogP contribution is -2.13. The predicted octanol–water partition coefficient (Wildman–Crippen LogP) is 4.16. The first kappa shape index (κ1) is 16.1. The Bertz CT molecular complexity index is 596. The van der Waals surface area contributed by atoms with Gasteiger partial charge in [0.1, 0.15) is 5.75 Å². The van der Waals surface area contributed by atoms with Gasteiger partial charge in [-0.05, 0) is 55.0 Å². The van der Waals surface area contributed by atoms with E-state index in [0.29, 0.717) is 0 Å². The van der Waals surface area contributed by atoms with Gasteiger partial charge in [-0.1, -0.05) is 45.8 Å². The van der Waals surface area contributed by atoms with Crippen molar-refractivity contribution in [1.82, 2.24) is 0 Å². The standard InChI is InChI=1S/C18H21BrO2/c1-13-4-3-5-14(8-13)9-15(12-20)10-16-11-17(21-2)6-7-18(16)19/h3-8,11,15,20H,9-10,12H2,1-2H3. The van der Waals surface area contributed by atoms with Crippen LogP contribution in [0.25, 0.3) is 0 Å². The topological polar surface area (TPSA) is 29.5 Å². The number of methoxy groups -OCH3 is 1. The van der Waals surface area contributed by atoms with Crippen molar-refractivity contribution in [3.63, 3.8) is 0 Å². The molecule has 21 heavy (non-hydrogen) atoms. The molecule has 1 unspecified atom stereocenters. The molecule has 0 fully saturated rings. The van der Waals surface area contributed by atoms with Crippen molar-refractivity contribution < 1.29 is 9.84 Å². The maximum atomic E-state index is 9.69. The highest BCUT2D eigenvalue weighted by molar-refractivity contribution is 9.10. The third kappa shape index (κ3) is 4.58. The molecule has 0 aliphatic carbocycles. The van der Waals surface area contributed by atoms with Crippen LogP contribution in [0.3, 0.4) is 0 Å². The van der Waals surface area contributed by atoms with E-state index in [1.807, 2.05) is 18.2 Å². The smallest absolute Gasteiger partial charge is 0.119 e. The largest absolute Gasteiger partial charge is 0.497 e. The summed E-state index contributed by atoms with van der Waals surface area (Å²) in [6.45, 7) is 2.27. The highest BCUT2D eigenvalue weighted by Crippen LogP contribution is 2.26. The van der Waals surface area contributed by atoms with Crippen LogP contribution in [-0.4, -0.2) is 18.8 Å². The average molecular weight is 349 g/mol. The van der Waals surface area contributed by atoms with Crippen LogP contribution in [-0.2, 0) is 12.8 Å². The number of rotatable bonds is 6. The van der Waals surface area contributed by atoms with Crippen molar-refractivity contribution in [2.45, 2.75) is 19.8 Å². The summed E-state index contributed by atoms with van der Waals surface area (Å²) >= 11 is 3.58. The first-order valence-corrected chi connectivity index (χ1v) is 7.90. The number of aliphatic hydroxyl groups excluding tert-OH is 1. The van der Waals surface area contributed by atoms with Crippen LogP contribution in [0, 0.1) is 12.8 Å². The molecule has 0 aliphatic heterocycles. The molecule has 0 bridgehead atoms. The number of aliphatic hydroxyl groups is 1. The van der Waals surface area contributed by atoms with Gasteiger partial charge in [0, 0.05) is 11.1 Å². The van der Waals surface area contributed by atoms with Crippen LogP contribution in [0.2, 0.25) is 0 Å². The molecule has 2 nitrogen and oxygen atoms in total. The minimum atomic E-state index is 0.178. The molecule has 0 saturated carbocycles. The lowest BCUT2D eigenvalue weighted by molar-refractivity contribution is 0.224. The van der Waals surface area contributed by atoms with Crippen LogP contribution < -0.4 is 4.74 Å². The number of ether oxygens (including phenoxy) is 1. The molecule has 0 radical (unpaired) electrons. The van der Waals surface area contributed by atoms with Crippen molar-refractivity contribution in [3.8, 4) is 5.75 Å². The van der Waals surface area contributed by atoms with Gasteiger partial charge in [-0.3, -0.25) is 0 Å². The molecule has 1 N–H and O–H groups in total. The molecular formula is C18H21BrO2. The van der Waals surface area contributed by atoms with E-state index in [1.54, 1.807) is 7.11 Å². The van der Waals surface area contributed by atoms with E-state index in [4.69, 9.17) is 4.74 Å². The van der Waals surface area contributed by atoms with E-state index in [0.717, 1.165) is 23.1 Å². The van der Waals surface area contributed by atoms with Crippen molar-refractivity contribution in [2.24, 2.45) is 5.92 Å². The Morgan fingerprint density at radius 3 is 2.62 bits per heavy atom. The Labute approximate surface area is 134 Å². The van der Waals surface area contributed by atoms with E-state index in [1.165, 1.54) is 16.7 Å². The van der Waals surface area contributed by atoms with Crippen molar-refractivity contribution in [2.75, 3.05) is 13.7 Å². The molecule has 0 heterocycles. The highest BCUT2D eigenvalue weighted by atomic mass is 79.9. The zero-order chi connectivity index (χ0) is 15.2. The summed E-state index contributed by atoms with van der Waals surface area (Å²) in [5, 5.41) is 9.69. The minimum absolute atomic E-state index is 0.178. The monoisotopic (exact) mass is 348 g/mol. The van der Waals surface area contributed by atoms with E-state index in [-0.39, 0.29) is 12.5 Å². The lowest BCUT2D eigenvalue weighted by Gasteiger charge is -2.16. The molecule has 2 aromatic carbocycles. The summed E-state index contributed by atoms with van der Waals surface area (Å²) in [5.41, 5.74) is 3.70. The molecule has 0 amide bonds. The fourth-order valence-electron chi connectivity index (χ4n) is 2.52. The normalized spacial score (nSPS) is 12.2. The van der Waals surface area contributed by atoms with E-state index in [2.05, 4.69) is 47.1 Å². The maximum absolute atomic E-state index is 9.69. The molecule has 1 atom stereocenters. The molecular weight excluding hydrogens is 328 g/mol. The van der Waals surface area contributed by atoms with Crippen molar-refractivity contribution >= 4 is 15.9 Å². The molecule has 0 saturated heterocycles. The Morgan fingerprint density at radius 1 is 1.14 bits per heavy atom. The zero-order valence-corrected chi connectivity index (χ0v) is 14.1. The second-order valence-corrected chi connectivity index (χ2v) is 6.26. The van der Waals surface area contributed by atoms with E-state index >= 15 is 0 Å². The lowest BCUT2D eigenvalue weighted by atomic mass is 9.92. The Kier molecular flexibility index (Phi) is 5.83. The summed E-state index contributed by atoms with van der Waals surface area (Å²) in [5.74, 6) is 1.05. The molecule has 0 aliphatic rings. The van der Waals surface area contributed by atoms with Gasteiger partial charge in [0.05, 0.1) is 7.11 Å². The molecule has 0 aromatic heterocycles. The third-order valence-electron chi connectivity index (χ3n) is 3.63. The highest BCUT2D eigenvalue weighted by Gasteiger charge is 2.13. The van der Waals surface area contributed by atoms with Gasteiger partial charge in [0.15, 0.2) is 0 Å². The summed E-state index contributed by atoms with van der Waals surface area (Å²) < 4.78 is 6.34. The minimum Gasteiger partial charge on any atom is -0.497 e. The van der Waals surface area contributed by atoms with Crippen molar-refractivity contribution in [1.29, 1.82) is 0 Å². The molecule has 3 heteroatoms. The van der Waals surface area contributed by atoms with E-state index < -0.39 is 0 Å². The third-order valence-corrected chi connectivity index (χ3v) is 4.40. The van der Waals surface area contributed by atoms with Crippen LogP contribution >= 0.6 is 15.9 Å². The molecule has 2 aromatic rings. The summed E-state index contributed by atoms with van der Waals surface area (Å²) in [7, 11) is 1.67. The number of aryl methyl sites for hydroxylation is 1. The first-order valence-electron chi connectivity index (χ1n) is 7.11. The average Bonchev–Trinajstić information content (AvgIpc) is 2.48. The van der Waals surface area contributed by atoms with Gasteiger partial charge >= 0.3 is 0 Å². The number of hydrogen-bond acceptors (Lipinski definition) is 2. The van der Waals surface area contributed by atoms with E-state index in [9.17, 15) is 5.11 Å². The van der Waals surface area contributed by atoms with Crippen LogP contribution in [0.15, 0.2) is 46.9 Å². The van der Waals surface area contributed by atoms with Crippen LogP contribution in [0.4, 0.5) is 0 Å². The molecule has 112 valence electrons. The molecule has 0 spiro atoms. The summed E-state index contributed by atoms with van der Waals surface area (Å²) in [6.07, 6.45) is 1.70. The zero-order valence-electron chi connectivity index (χ0n) is 12.5. The second-order valence-electron chi connectivity index (χ2n) is 5.40. The molecule has 2 rings (SSSR count). The first-order chi connectivity index (χ1) is 10.1. The number of hydrogen-bond donors (Lipinski definition) is 1. The second kappa shape index (κ2) is 7.62. The maximum Gasteiger partial charge on any atom is 0.119 e. The fourth-order valence-corrected chi connectivity index (χ4v) is 2.93. The SMILES string of the molecule is COc1ccc(Br)c(CC(CO)Cc2cccc(C)c2)c1. The number of halogens is 1. The summed E-state index contributed by atoms with van der Waals surface area (Å²) in [4.78, 5) is 0. The van der Waals surface area contributed by atoms with Gasteiger partial charge in [0.25, 0.3) is 0 Å². The summed E-state index contributed by atoms with van der Waals surface area (Å²) in [6, 6.07) is 14.4. The Hall–Kier alpha value is -1.32. The van der Waals surface area contributed by atoms with Gasteiger partial charge in [-0.25, -0.2) is 0 Å². The van der Waals surface area contributed by atoms with Gasteiger partial charge in [-0.15, -0.1) is 0 Å². The van der Waals surface area contributed by atoms with Gasteiger partial charge in [0.2, 0.25) is 0 Å². The Morgan fingerprint density at radius 2 is 1.95 bits per heavy atom. The van der Waals surface area contributed by atoms with Gasteiger partial charge < -0.3 is 9.84 Å². The van der Waals surface area contributed by atoms with Crippen LogP contribution in [0.5, 0.6) is 5.75 Å². The Balaban J connectivity index is 2.12. The quantitative estimate of drug-likeness (QED) is 0.849. The van der Waals surface area contributed by atoms with Crippen LogP contribution in [0.1, 0.15) is 16.7 Å². The fraction of sp³-hybridized carbons (Fsp3) is 0.333. The number of benzene rings is 2. The van der Waals surface area contributed by atoms with Gasteiger partial charge in [-0.2, -0.15) is 0 Å². The van der Waals surface area contributed by atoms with Crippen molar-refractivity contribution in [3.05, 3.63) is 63.6 Å². The predicted molar refractivity (Wildman–Crippen MR) is 89.9 cm³/mol.